The number of sulfone groups is 1. The molecule has 1 aromatic rings. The predicted molar refractivity (Wildman–Crippen MR) is 56.7 cm³/mol. The molecule has 3 nitrogen and oxygen atoms in total. The molecule has 0 heterocycles. The lowest BCUT2D eigenvalue weighted by molar-refractivity contribution is 0.526. The minimum atomic E-state index is -3.98. The molecule has 0 bridgehead atoms. The first kappa shape index (κ1) is 13.1. The van der Waals surface area contributed by atoms with Crippen molar-refractivity contribution in [3.05, 3.63) is 29.8 Å². The summed E-state index contributed by atoms with van der Waals surface area (Å²) >= 11 is 0. The molecule has 0 fully saturated rings. The largest absolute Gasteiger partial charge is 0.329 e. The zero-order chi connectivity index (χ0) is 12.6. The molecule has 0 saturated carbocycles. The van der Waals surface area contributed by atoms with Crippen molar-refractivity contribution in [2.45, 2.75) is 23.5 Å². The Kier molecular flexibility index (Phi) is 3.35. The number of hydrogen-bond acceptors (Lipinski definition) is 3. The first-order chi connectivity index (χ1) is 7.22. The van der Waals surface area contributed by atoms with Gasteiger partial charge in [-0.25, -0.2) is 17.2 Å². The van der Waals surface area contributed by atoms with Gasteiger partial charge in [0.2, 0.25) is 0 Å². The summed E-state index contributed by atoms with van der Waals surface area (Å²) in [7, 11) is -3.98. The van der Waals surface area contributed by atoms with E-state index in [0.717, 1.165) is 12.1 Å². The van der Waals surface area contributed by atoms with Crippen molar-refractivity contribution in [1.82, 2.24) is 0 Å². The Morgan fingerprint density at radius 2 is 1.88 bits per heavy atom. The van der Waals surface area contributed by atoms with E-state index >= 15 is 0 Å². The summed E-state index contributed by atoms with van der Waals surface area (Å²) in [6.45, 7) is 2.56. The summed E-state index contributed by atoms with van der Waals surface area (Å²) in [5, 5.41) is 0. The van der Waals surface area contributed by atoms with Gasteiger partial charge in [0.25, 0.3) is 0 Å². The molecule has 2 N–H and O–H groups in total. The Labute approximate surface area is 93.2 Å². The summed E-state index contributed by atoms with van der Waals surface area (Å²) < 4.78 is 48.9. The minimum Gasteiger partial charge on any atom is -0.329 e. The highest BCUT2D eigenvalue weighted by molar-refractivity contribution is 7.92. The average molecular weight is 249 g/mol. The second-order valence-corrected chi connectivity index (χ2v) is 6.59. The van der Waals surface area contributed by atoms with Crippen molar-refractivity contribution in [2.24, 2.45) is 5.73 Å². The quantitative estimate of drug-likeness (QED) is 0.882. The first-order valence-corrected chi connectivity index (χ1v) is 6.10. The van der Waals surface area contributed by atoms with Gasteiger partial charge in [0, 0.05) is 6.54 Å². The maximum absolute atomic E-state index is 13.3. The number of halogens is 2. The molecule has 0 aromatic heterocycles. The number of rotatable bonds is 3. The standard InChI is InChI=1S/C10H13F2NO2S/c1-10(2,6-13)16(14,15)9-5-7(11)3-4-8(9)12/h3-5H,6,13H2,1-2H3. The SMILES string of the molecule is CC(C)(CN)S(=O)(=O)c1cc(F)ccc1F. The second-order valence-electron chi connectivity index (χ2n) is 4.04. The fourth-order valence-electron chi connectivity index (χ4n) is 1.09. The van der Waals surface area contributed by atoms with Gasteiger partial charge in [-0.2, -0.15) is 0 Å². The van der Waals surface area contributed by atoms with Gasteiger partial charge in [-0.15, -0.1) is 0 Å². The predicted octanol–water partition coefficient (Wildman–Crippen LogP) is 1.48. The molecule has 0 aliphatic heterocycles. The van der Waals surface area contributed by atoms with Crippen LogP contribution in [0.3, 0.4) is 0 Å². The van der Waals surface area contributed by atoms with Crippen molar-refractivity contribution in [3.8, 4) is 0 Å². The van der Waals surface area contributed by atoms with Crippen LogP contribution in [-0.4, -0.2) is 19.7 Å². The molecule has 0 spiro atoms. The van der Waals surface area contributed by atoms with E-state index in [4.69, 9.17) is 5.73 Å². The van der Waals surface area contributed by atoms with Crippen LogP contribution < -0.4 is 5.73 Å². The van der Waals surface area contributed by atoms with Crippen LogP contribution in [0, 0.1) is 11.6 Å². The number of nitrogens with two attached hydrogens (primary N) is 1. The third-order valence-electron chi connectivity index (χ3n) is 2.40. The van der Waals surface area contributed by atoms with Crippen LogP contribution in [0.1, 0.15) is 13.8 Å². The minimum absolute atomic E-state index is 0.175. The normalized spacial score (nSPS) is 12.8. The van der Waals surface area contributed by atoms with E-state index < -0.39 is 31.1 Å². The molecular formula is C10H13F2NO2S. The molecule has 0 unspecified atom stereocenters. The zero-order valence-electron chi connectivity index (χ0n) is 9.00. The smallest absolute Gasteiger partial charge is 0.187 e. The van der Waals surface area contributed by atoms with E-state index in [1.54, 1.807) is 0 Å². The number of hydrogen-bond donors (Lipinski definition) is 1. The molecule has 0 aliphatic carbocycles. The Morgan fingerprint density at radius 1 is 1.31 bits per heavy atom. The Balaban J connectivity index is 3.44. The molecule has 90 valence electrons. The molecule has 16 heavy (non-hydrogen) atoms. The first-order valence-electron chi connectivity index (χ1n) is 4.62. The van der Waals surface area contributed by atoms with Gasteiger partial charge in [-0.05, 0) is 32.0 Å². The molecule has 0 saturated heterocycles. The van der Waals surface area contributed by atoms with E-state index in [-0.39, 0.29) is 6.54 Å². The Bertz CT molecular complexity index is 498. The average Bonchev–Trinajstić information content (AvgIpc) is 2.21. The molecule has 0 aliphatic rings. The third-order valence-corrected chi connectivity index (χ3v) is 4.92. The summed E-state index contributed by atoms with van der Waals surface area (Å²) in [5.74, 6) is -1.77. The van der Waals surface area contributed by atoms with Gasteiger partial charge in [-0.3, -0.25) is 0 Å². The van der Waals surface area contributed by atoms with Crippen LogP contribution in [0.2, 0.25) is 0 Å². The molecule has 0 radical (unpaired) electrons. The van der Waals surface area contributed by atoms with Gasteiger partial charge in [-0.1, -0.05) is 0 Å². The molecule has 0 amide bonds. The lowest BCUT2D eigenvalue weighted by Gasteiger charge is -2.22. The summed E-state index contributed by atoms with van der Waals surface area (Å²) in [4.78, 5) is -0.650. The van der Waals surface area contributed by atoms with Crippen molar-refractivity contribution in [3.63, 3.8) is 0 Å². The summed E-state index contributed by atoms with van der Waals surface area (Å²) in [6.07, 6.45) is 0. The van der Waals surface area contributed by atoms with Crippen LogP contribution in [0.15, 0.2) is 23.1 Å². The van der Waals surface area contributed by atoms with Gasteiger partial charge in [0.05, 0.1) is 4.75 Å². The fraction of sp³-hybridized carbons (Fsp3) is 0.400. The molecule has 1 aromatic carbocycles. The van der Waals surface area contributed by atoms with Crippen LogP contribution in [0.4, 0.5) is 8.78 Å². The van der Waals surface area contributed by atoms with Gasteiger partial charge < -0.3 is 5.73 Å². The monoisotopic (exact) mass is 249 g/mol. The maximum atomic E-state index is 13.3. The van der Waals surface area contributed by atoms with Crippen LogP contribution in [0.5, 0.6) is 0 Å². The highest BCUT2D eigenvalue weighted by Crippen LogP contribution is 2.27. The Hall–Kier alpha value is -1.01. The van der Waals surface area contributed by atoms with E-state index in [0.29, 0.717) is 6.07 Å². The van der Waals surface area contributed by atoms with Crippen LogP contribution in [0.25, 0.3) is 0 Å². The lowest BCUT2D eigenvalue weighted by atomic mass is 10.2. The summed E-state index contributed by atoms with van der Waals surface area (Å²) in [6, 6.07) is 2.32. The molecular weight excluding hydrogens is 236 g/mol. The van der Waals surface area contributed by atoms with Crippen molar-refractivity contribution < 1.29 is 17.2 Å². The van der Waals surface area contributed by atoms with Crippen molar-refractivity contribution in [2.75, 3.05) is 6.54 Å². The topological polar surface area (TPSA) is 60.2 Å². The lowest BCUT2D eigenvalue weighted by Crippen LogP contribution is -2.40. The third kappa shape index (κ3) is 2.08. The van der Waals surface area contributed by atoms with Crippen LogP contribution >= 0.6 is 0 Å². The summed E-state index contributed by atoms with van der Waals surface area (Å²) in [5.41, 5.74) is 5.32. The Morgan fingerprint density at radius 3 is 2.38 bits per heavy atom. The zero-order valence-corrected chi connectivity index (χ0v) is 9.81. The second kappa shape index (κ2) is 4.10. The van der Waals surface area contributed by atoms with E-state index in [9.17, 15) is 17.2 Å². The van der Waals surface area contributed by atoms with Gasteiger partial charge in [0.1, 0.15) is 16.5 Å². The van der Waals surface area contributed by atoms with Crippen LogP contribution in [-0.2, 0) is 9.84 Å². The highest BCUT2D eigenvalue weighted by atomic mass is 32.2. The molecule has 1 rings (SSSR count). The highest BCUT2D eigenvalue weighted by Gasteiger charge is 2.36. The molecule has 0 atom stereocenters. The van der Waals surface area contributed by atoms with Crippen molar-refractivity contribution in [1.29, 1.82) is 0 Å². The van der Waals surface area contributed by atoms with E-state index in [1.807, 2.05) is 0 Å². The fourth-order valence-corrected chi connectivity index (χ4v) is 2.50. The number of benzene rings is 1. The maximum Gasteiger partial charge on any atom is 0.187 e. The molecule has 6 heteroatoms. The van der Waals surface area contributed by atoms with Gasteiger partial charge >= 0.3 is 0 Å². The van der Waals surface area contributed by atoms with E-state index in [1.165, 1.54) is 13.8 Å². The van der Waals surface area contributed by atoms with E-state index in [2.05, 4.69) is 0 Å². The van der Waals surface area contributed by atoms with Gasteiger partial charge in [0.15, 0.2) is 9.84 Å². The van der Waals surface area contributed by atoms with Crippen molar-refractivity contribution >= 4 is 9.84 Å².